The second-order valence-corrected chi connectivity index (χ2v) is 10.2. The quantitative estimate of drug-likeness (QED) is 0.287. The fourth-order valence-electron chi connectivity index (χ4n) is 4.52. The molecule has 0 bridgehead atoms. The summed E-state index contributed by atoms with van der Waals surface area (Å²) in [5.74, 6) is 0.948. The molecule has 40 heavy (non-hydrogen) atoms. The molecule has 0 spiro atoms. The maximum Gasteiger partial charge on any atom is 0.256 e. The van der Waals surface area contributed by atoms with Gasteiger partial charge in [-0.05, 0) is 64.2 Å². The summed E-state index contributed by atoms with van der Waals surface area (Å²) in [5.41, 5.74) is 4.95. The Hall–Kier alpha value is -4.37. The summed E-state index contributed by atoms with van der Waals surface area (Å²) in [7, 11) is 5.69. The lowest BCUT2D eigenvalue weighted by atomic mass is 10.1. The van der Waals surface area contributed by atoms with E-state index in [9.17, 15) is 9.59 Å². The summed E-state index contributed by atoms with van der Waals surface area (Å²) in [6, 6.07) is 10.9. The van der Waals surface area contributed by atoms with Gasteiger partial charge in [0.2, 0.25) is 5.91 Å². The molecule has 3 heterocycles. The van der Waals surface area contributed by atoms with Gasteiger partial charge in [0, 0.05) is 49.4 Å². The minimum Gasteiger partial charge on any atom is -0.332 e. The van der Waals surface area contributed by atoms with Crippen molar-refractivity contribution in [2.75, 3.05) is 33.0 Å². The third kappa shape index (κ3) is 6.43. The number of likely N-dealkylation sites (N-methyl/N-ethyl adjacent to an activating group) is 2. The van der Waals surface area contributed by atoms with E-state index in [1.807, 2.05) is 73.8 Å². The van der Waals surface area contributed by atoms with Gasteiger partial charge in [-0.1, -0.05) is 31.6 Å². The molecule has 208 valence electrons. The van der Waals surface area contributed by atoms with Gasteiger partial charge in [0.15, 0.2) is 0 Å². The average Bonchev–Trinajstić information content (AvgIpc) is 3.33. The van der Waals surface area contributed by atoms with Crippen LogP contribution in [0.5, 0.6) is 0 Å². The highest BCUT2D eigenvalue weighted by Gasteiger charge is 2.24. The molecule has 0 unspecified atom stereocenters. The standard InChI is InChI=1S/C31H37N7O2/c1-7-9-23-15-16-33-26(20-23)34-31(40)25-13-11-24(12-14-25)28-29-21(2)32-17-19-38(29)30(35-28)22(3)37(6)27(39)10-8-18-36(4)5/h8,10-17,19-20,22H,7,9,18H2,1-6H3,(H,33,34,40)/b10-8+/t22-/m0/s1. The minimum atomic E-state index is -0.291. The summed E-state index contributed by atoms with van der Waals surface area (Å²) in [6.07, 6.45) is 10.7. The molecule has 3 aromatic heterocycles. The number of imidazole rings is 1. The van der Waals surface area contributed by atoms with Crippen molar-refractivity contribution in [3.05, 3.63) is 89.8 Å². The monoisotopic (exact) mass is 539 g/mol. The van der Waals surface area contributed by atoms with Gasteiger partial charge in [-0.2, -0.15) is 0 Å². The Morgan fingerprint density at radius 1 is 1.07 bits per heavy atom. The molecule has 0 saturated carbocycles. The largest absolute Gasteiger partial charge is 0.332 e. The number of aromatic nitrogens is 4. The van der Waals surface area contributed by atoms with Crippen LogP contribution in [0.2, 0.25) is 0 Å². The first-order valence-electron chi connectivity index (χ1n) is 13.5. The van der Waals surface area contributed by atoms with Crippen LogP contribution in [0.4, 0.5) is 5.82 Å². The first-order chi connectivity index (χ1) is 19.2. The number of carbonyl (C=O) groups is 2. The van der Waals surface area contributed by atoms with Crippen LogP contribution >= 0.6 is 0 Å². The third-order valence-electron chi connectivity index (χ3n) is 6.82. The van der Waals surface area contributed by atoms with Crippen molar-refractivity contribution in [2.24, 2.45) is 0 Å². The van der Waals surface area contributed by atoms with Crippen molar-refractivity contribution in [1.82, 2.24) is 29.2 Å². The third-order valence-corrected chi connectivity index (χ3v) is 6.82. The molecule has 2 amide bonds. The highest BCUT2D eigenvalue weighted by atomic mass is 16.2. The van der Waals surface area contributed by atoms with Gasteiger partial charge < -0.3 is 15.1 Å². The molecule has 9 heteroatoms. The van der Waals surface area contributed by atoms with Gasteiger partial charge in [-0.3, -0.25) is 19.0 Å². The second-order valence-electron chi connectivity index (χ2n) is 10.2. The number of hydrogen-bond acceptors (Lipinski definition) is 6. The molecule has 0 radical (unpaired) electrons. The number of rotatable bonds is 10. The maximum absolute atomic E-state index is 12.9. The van der Waals surface area contributed by atoms with Crippen LogP contribution in [0.15, 0.2) is 67.1 Å². The topological polar surface area (TPSA) is 95.7 Å². The Bertz CT molecular complexity index is 1520. The van der Waals surface area contributed by atoms with Crippen LogP contribution in [0.1, 0.15) is 53.7 Å². The van der Waals surface area contributed by atoms with Gasteiger partial charge in [0.05, 0.1) is 22.9 Å². The van der Waals surface area contributed by atoms with E-state index >= 15 is 0 Å². The van der Waals surface area contributed by atoms with E-state index in [0.717, 1.165) is 46.7 Å². The van der Waals surface area contributed by atoms with E-state index < -0.39 is 0 Å². The molecule has 0 aliphatic rings. The highest BCUT2D eigenvalue weighted by molar-refractivity contribution is 6.04. The van der Waals surface area contributed by atoms with Crippen molar-refractivity contribution in [1.29, 1.82) is 0 Å². The first kappa shape index (κ1) is 28.6. The van der Waals surface area contributed by atoms with Gasteiger partial charge in [0.25, 0.3) is 5.91 Å². The number of aryl methyl sites for hydroxylation is 2. The molecule has 0 saturated heterocycles. The van der Waals surface area contributed by atoms with Crippen LogP contribution in [-0.2, 0) is 11.2 Å². The smallest absolute Gasteiger partial charge is 0.256 e. The molecule has 9 nitrogen and oxygen atoms in total. The number of nitrogens with one attached hydrogen (secondary N) is 1. The highest BCUT2D eigenvalue weighted by Crippen LogP contribution is 2.30. The zero-order chi connectivity index (χ0) is 28.8. The first-order valence-corrected chi connectivity index (χ1v) is 13.5. The van der Waals surface area contributed by atoms with E-state index in [4.69, 9.17) is 4.98 Å². The van der Waals surface area contributed by atoms with Crippen molar-refractivity contribution in [2.45, 2.75) is 39.7 Å². The molecule has 1 atom stereocenters. The normalized spacial score (nSPS) is 12.3. The molecule has 1 N–H and O–H groups in total. The zero-order valence-electron chi connectivity index (χ0n) is 24.0. The molecule has 4 aromatic rings. The van der Waals surface area contributed by atoms with Crippen molar-refractivity contribution >= 4 is 23.1 Å². The Labute approximate surface area is 235 Å². The summed E-state index contributed by atoms with van der Waals surface area (Å²) in [4.78, 5) is 43.2. The molecular weight excluding hydrogens is 502 g/mol. The molecule has 0 aliphatic carbocycles. The van der Waals surface area contributed by atoms with Crippen LogP contribution in [0.25, 0.3) is 16.8 Å². The van der Waals surface area contributed by atoms with Gasteiger partial charge in [-0.15, -0.1) is 0 Å². The van der Waals surface area contributed by atoms with E-state index in [0.29, 0.717) is 17.9 Å². The van der Waals surface area contributed by atoms with Crippen LogP contribution in [0.3, 0.4) is 0 Å². The summed E-state index contributed by atoms with van der Waals surface area (Å²) in [6.45, 7) is 6.71. The number of hydrogen-bond donors (Lipinski definition) is 1. The lowest BCUT2D eigenvalue weighted by Gasteiger charge is -2.23. The number of benzene rings is 1. The van der Waals surface area contributed by atoms with E-state index in [1.165, 1.54) is 0 Å². The van der Waals surface area contributed by atoms with Crippen LogP contribution in [-0.4, -0.2) is 68.7 Å². The fraction of sp³-hybridized carbons (Fsp3) is 0.323. The predicted molar refractivity (Wildman–Crippen MR) is 158 cm³/mol. The van der Waals surface area contributed by atoms with E-state index in [2.05, 4.69) is 22.2 Å². The molecule has 4 rings (SSSR count). The van der Waals surface area contributed by atoms with Gasteiger partial charge >= 0.3 is 0 Å². The molecule has 0 fully saturated rings. The summed E-state index contributed by atoms with van der Waals surface area (Å²) >= 11 is 0. The Morgan fingerprint density at radius 2 is 1.82 bits per heavy atom. The number of fused-ring (bicyclic) bond motifs is 1. The van der Waals surface area contributed by atoms with Crippen molar-refractivity contribution in [3.8, 4) is 11.3 Å². The second kappa shape index (κ2) is 12.7. The number of amides is 2. The van der Waals surface area contributed by atoms with Gasteiger partial charge in [0.1, 0.15) is 11.6 Å². The zero-order valence-corrected chi connectivity index (χ0v) is 24.0. The van der Waals surface area contributed by atoms with Crippen molar-refractivity contribution in [3.63, 3.8) is 0 Å². The number of carbonyl (C=O) groups excluding carboxylic acids is 2. The predicted octanol–water partition coefficient (Wildman–Crippen LogP) is 4.94. The van der Waals surface area contributed by atoms with E-state index in [-0.39, 0.29) is 17.9 Å². The molecule has 1 aromatic carbocycles. The Morgan fingerprint density at radius 3 is 2.52 bits per heavy atom. The Kier molecular flexibility index (Phi) is 9.06. The van der Waals surface area contributed by atoms with Crippen LogP contribution in [0, 0.1) is 6.92 Å². The Balaban J connectivity index is 1.60. The van der Waals surface area contributed by atoms with E-state index in [1.54, 1.807) is 42.6 Å². The summed E-state index contributed by atoms with van der Waals surface area (Å²) in [5, 5.41) is 2.89. The van der Waals surface area contributed by atoms with Crippen LogP contribution < -0.4 is 5.32 Å². The number of nitrogens with zero attached hydrogens (tertiary/aromatic N) is 6. The lowest BCUT2D eigenvalue weighted by Crippen LogP contribution is -2.29. The molecule has 0 aliphatic heterocycles. The fourth-order valence-corrected chi connectivity index (χ4v) is 4.52. The maximum atomic E-state index is 12.9. The SMILES string of the molecule is CCCc1ccnc(NC(=O)c2ccc(-c3nc([C@H](C)N(C)C(=O)/C=C/CN(C)C)n4ccnc(C)c34)cc2)c1. The van der Waals surface area contributed by atoms with Crippen molar-refractivity contribution < 1.29 is 9.59 Å². The average molecular weight is 540 g/mol. The molecular formula is C31H37N7O2. The van der Waals surface area contributed by atoms with Gasteiger partial charge in [-0.25, -0.2) is 9.97 Å². The number of anilines is 1. The minimum absolute atomic E-state index is 0.0940. The number of pyridine rings is 1. The summed E-state index contributed by atoms with van der Waals surface area (Å²) < 4.78 is 1.99. The lowest BCUT2D eigenvalue weighted by molar-refractivity contribution is -0.126.